The lowest BCUT2D eigenvalue weighted by atomic mass is 10.1. The fourth-order valence-corrected chi connectivity index (χ4v) is 2.34. The van der Waals surface area contributed by atoms with Gasteiger partial charge in [0.05, 0.1) is 20.1 Å². The molecule has 2 rings (SSSR count). The Labute approximate surface area is 152 Å². The number of nitrogens with one attached hydrogen (secondary N) is 1. The summed E-state index contributed by atoms with van der Waals surface area (Å²) in [6, 6.07) is 11.7. The summed E-state index contributed by atoms with van der Waals surface area (Å²) in [6.45, 7) is 2.68. The van der Waals surface area contributed by atoms with E-state index in [2.05, 4.69) is 12.2 Å². The molecule has 0 fully saturated rings. The van der Waals surface area contributed by atoms with Gasteiger partial charge in [0, 0.05) is 11.3 Å². The number of anilines is 1. The summed E-state index contributed by atoms with van der Waals surface area (Å²) in [5.74, 6) is -0.0643. The van der Waals surface area contributed by atoms with Crippen molar-refractivity contribution < 1.29 is 24.2 Å². The minimum atomic E-state index is -0.893. The molecule has 1 amide bonds. The predicted octanol–water partition coefficient (Wildman–Crippen LogP) is 3.75. The number of unbranched alkanes of at least 4 members (excludes halogenated alkanes) is 1. The third-order valence-corrected chi connectivity index (χ3v) is 3.75. The van der Waals surface area contributed by atoms with E-state index in [1.54, 1.807) is 42.5 Å². The van der Waals surface area contributed by atoms with Crippen molar-refractivity contribution in [2.75, 3.05) is 19.0 Å². The maximum Gasteiger partial charge on any atom is 0.307 e. The summed E-state index contributed by atoms with van der Waals surface area (Å²) in [5.41, 5.74) is 1.71. The van der Waals surface area contributed by atoms with E-state index >= 15 is 0 Å². The van der Waals surface area contributed by atoms with Crippen molar-refractivity contribution in [3.05, 3.63) is 53.6 Å². The van der Waals surface area contributed by atoms with Gasteiger partial charge in [-0.25, -0.2) is 0 Å². The van der Waals surface area contributed by atoms with Gasteiger partial charge >= 0.3 is 5.97 Å². The quantitative estimate of drug-likeness (QED) is 0.668. The zero-order chi connectivity index (χ0) is 18.9. The lowest BCUT2D eigenvalue weighted by Crippen LogP contribution is -2.12. The van der Waals surface area contributed by atoms with Crippen LogP contribution in [0.5, 0.6) is 11.5 Å². The van der Waals surface area contributed by atoms with E-state index in [4.69, 9.17) is 14.6 Å². The third-order valence-electron chi connectivity index (χ3n) is 3.75. The lowest BCUT2D eigenvalue weighted by molar-refractivity contribution is -0.136. The van der Waals surface area contributed by atoms with Gasteiger partial charge in [-0.3, -0.25) is 9.59 Å². The molecule has 0 aliphatic heterocycles. The minimum absolute atomic E-state index is 0.0507. The smallest absolute Gasteiger partial charge is 0.307 e. The Bertz CT molecular complexity index is 755. The van der Waals surface area contributed by atoms with Gasteiger partial charge < -0.3 is 19.9 Å². The van der Waals surface area contributed by atoms with Crippen molar-refractivity contribution >= 4 is 17.6 Å². The maximum absolute atomic E-state index is 12.4. The van der Waals surface area contributed by atoms with Gasteiger partial charge in [0.15, 0.2) is 11.5 Å². The fraction of sp³-hybridized carbons (Fsp3) is 0.300. The van der Waals surface area contributed by atoms with E-state index in [0.717, 1.165) is 12.8 Å². The summed E-state index contributed by atoms with van der Waals surface area (Å²) >= 11 is 0. The highest BCUT2D eigenvalue weighted by Crippen LogP contribution is 2.28. The summed E-state index contributed by atoms with van der Waals surface area (Å²) in [5, 5.41) is 11.6. The van der Waals surface area contributed by atoms with Crippen LogP contribution in [-0.2, 0) is 11.2 Å². The Balaban J connectivity index is 2.05. The SMILES string of the molecule is CCCCOc1ccc(C(=O)Nc2ccc(CC(=O)O)cc2)cc1OC. The molecule has 0 saturated heterocycles. The second-order valence-electron chi connectivity index (χ2n) is 5.79. The normalized spacial score (nSPS) is 10.2. The molecular formula is C20H23NO5. The van der Waals surface area contributed by atoms with E-state index in [1.807, 2.05) is 0 Å². The largest absolute Gasteiger partial charge is 0.493 e. The molecule has 0 aromatic heterocycles. The van der Waals surface area contributed by atoms with Gasteiger partial charge in [0.1, 0.15) is 0 Å². The van der Waals surface area contributed by atoms with Crippen LogP contribution in [-0.4, -0.2) is 30.7 Å². The second kappa shape index (κ2) is 9.46. The van der Waals surface area contributed by atoms with E-state index in [-0.39, 0.29) is 12.3 Å². The van der Waals surface area contributed by atoms with Crippen LogP contribution < -0.4 is 14.8 Å². The Morgan fingerprint density at radius 2 is 1.81 bits per heavy atom. The molecule has 6 nitrogen and oxygen atoms in total. The average Bonchev–Trinajstić information content (AvgIpc) is 2.63. The number of hydrogen-bond acceptors (Lipinski definition) is 4. The van der Waals surface area contributed by atoms with Gasteiger partial charge in [0.25, 0.3) is 5.91 Å². The summed E-state index contributed by atoms with van der Waals surface area (Å²) in [7, 11) is 1.53. The number of aliphatic carboxylic acids is 1. The lowest BCUT2D eigenvalue weighted by Gasteiger charge is -2.12. The molecule has 0 bridgehead atoms. The van der Waals surface area contributed by atoms with Crippen LogP contribution in [0.4, 0.5) is 5.69 Å². The topological polar surface area (TPSA) is 84.9 Å². The molecule has 138 valence electrons. The van der Waals surface area contributed by atoms with Crippen molar-refractivity contribution in [1.82, 2.24) is 0 Å². The van der Waals surface area contributed by atoms with Gasteiger partial charge in [-0.05, 0) is 42.3 Å². The monoisotopic (exact) mass is 357 g/mol. The van der Waals surface area contributed by atoms with E-state index in [9.17, 15) is 9.59 Å². The van der Waals surface area contributed by atoms with Crippen molar-refractivity contribution in [3.63, 3.8) is 0 Å². The highest BCUT2D eigenvalue weighted by molar-refractivity contribution is 6.04. The number of carbonyl (C=O) groups excluding carboxylic acids is 1. The number of rotatable bonds is 9. The van der Waals surface area contributed by atoms with Crippen LogP contribution >= 0.6 is 0 Å². The van der Waals surface area contributed by atoms with Gasteiger partial charge in [-0.15, -0.1) is 0 Å². The van der Waals surface area contributed by atoms with Crippen LogP contribution in [0.15, 0.2) is 42.5 Å². The summed E-state index contributed by atoms with van der Waals surface area (Å²) in [6.07, 6.45) is 1.93. The van der Waals surface area contributed by atoms with Crippen molar-refractivity contribution in [2.45, 2.75) is 26.2 Å². The Morgan fingerprint density at radius 1 is 1.08 bits per heavy atom. The van der Waals surface area contributed by atoms with E-state index in [1.165, 1.54) is 7.11 Å². The Hall–Kier alpha value is -3.02. The van der Waals surface area contributed by atoms with Crippen LogP contribution in [0.3, 0.4) is 0 Å². The highest BCUT2D eigenvalue weighted by atomic mass is 16.5. The van der Waals surface area contributed by atoms with E-state index < -0.39 is 5.97 Å². The van der Waals surface area contributed by atoms with Crippen LogP contribution in [0.1, 0.15) is 35.7 Å². The highest BCUT2D eigenvalue weighted by Gasteiger charge is 2.12. The molecule has 2 N–H and O–H groups in total. The Morgan fingerprint density at radius 3 is 2.42 bits per heavy atom. The fourth-order valence-electron chi connectivity index (χ4n) is 2.34. The molecule has 0 spiro atoms. The van der Waals surface area contributed by atoms with Gasteiger partial charge in [-0.1, -0.05) is 25.5 Å². The van der Waals surface area contributed by atoms with Gasteiger partial charge in [-0.2, -0.15) is 0 Å². The number of carboxylic acids is 1. The van der Waals surface area contributed by atoms with Crippen LogP contribution in [0, 0.1) is 0 Å². The molecule has 0 saturated carbocycles. The molecule has 2 aromatic carbocycles. The number of amides is 1. The van der Waals surface area contributed by atoms with Crippen molar-refractivity contribution in [2.24, 2.45) is 0 Å². The number of methoxy groups -OCH3 is 1. The van der Waals surface area contributed by atoms with Crippen LogP contribution in [0.2, 0.25) is 0 Å². The first kappa shape index (κ1) is 19.3. The first-order valence-corrected chi connectivity index (χ1v) is 8.46. The Kier molecular flexibility index (Phi) is 7.02. The number of carbonyl (C=O) groups is 2. The maximum atomic E-state index is 12.4. The molecule has 0 unspecified atom stereocenters. The average molecular weight is 357 g/mol. The first-order chi connectivity index (χ1) is 12.5. The van der Waals surface area contributed by atoms with Crippen LogP contribution in [0.25, 0.3) is 0 Å². The number of ether oxygens (including phenoxy) is 2. The molecular weight excluding hydrogens is 334 g/mol. The molecule has 0 heterocycles. The zero-order valence-corrected chi connectivity index (χ0v) is 15.0. The number of benzene rings is 2. The minimum Gasteiger partial charge on any atom is -0.493 e. The molecule has 0 aliphatic carbocycles. The molecule has 6 heteroatoms. The number of hydrogen-bond donors (Lipinski definition) is 2. The summed E-state index contributed by atoms with van der Waals surface area (Å²) in [4.78, 5) is 23.1. The second-order valence-corrected chi connectivity index (χ2v) is 5.79. The standard InChI is InChI=1S/C20H23NO5/c1-3-4-11-26-17-10-7-15(13-18(17)25-2)20(24)21-16-8-5-14(6-9-16)12-19(22)23/h5-10,13H,3-4,11-12H2,1-2H3,(H,21,24)(H,22,23). The van der Waals surface area contributed by atoms with Crippen molar-refractivity contribution in [3.8, 4) is 11.5 Å². The van der Waals surface area contributed by atoms with Gasteiger partial charge in [0.2, 0.25) is 0 Å². The predicted molar refractivity (Wildman–Crippen MR) is 99.1 cm³/mol. The summed E-state index contributed by atoms with van der Waals surface area (Å²) < 4.78 is 11.0. The number of carboxylic acid groups (broad SMARTS) is 1. The molecule has 26 heavy (non-hydrogen) atoms. The zero-order valence-electron chi connectivity index (χ0n) is 15.0. The van der Waals surface area contributed by atoms with Crippen molar-refractivity contribution in [1.29, 1.82) is 0 Å². The first-order valence-electron chi connectivity index (χ1n) is 8.46. The third kappa shape index (κ3) is 5.51. The molecule has 0 aliphatic rings. The van der Waals surface area contributed by atoms with E-state index in [0.29, 0.717) is 34.9 Å². The molecule has 2 aromatic rings. The molecule has 0 atom stereocenters. The molecule has 0 radical (unpaired) electrons.